The van der Waals surface area contributed by atoms with Gasteiger partial charge in [0.25, 0.3) is 0 Å². The lowest BCUT2D eigenvalue weighted by molar-refractivity contribution is 0.204. The Morgan fingerprint density at radius 2 is 2.12 bits per heavy atom. The number of amides is 1. The number of nitrogens with zero attached hydrogens (tertiary/aromatic N) is 2. The molecule has 0 spiro atoms. The van der Waals surface area contributed by atoms with Crippen molar-refractivity contribution < 1.29 is 14.6 Å². The number of fused-ring (bicyclic) bond motifs is 1. The Morgan fingerprint density at radius 1 is 1.41 bits per heavy atom. The van der Waals surface area contributed by atoms with Crippen molar-refractivity contribution in [3.8, 4) is 5.75 Å². The summed E-state index contributed by atoms with van der Waals surface area (Å²) < 4.78 is 5.72. The van der Waals surface area contributed by atoms with Crippen molar-refractivity contribution in [2.45, 2.75) is 32.8 Å². The number of aryl methyl sites for hydroxylation is 1. The number of carbonyl (C=O) groups is 1. The van der Waals surface area contributed by atoms with Gasteiger partial charge in [-0.05, 0) is 25.5 Å². The van der Waals surface area contributed by atoms with Crippen LogP contribution >= 0.6 is 0 Å². The Bertz CT molecular complexity index is 497. The molecule has 5 heteroatoms. The molecule has 0 radical (unpaired) electrons. The Labute approximate surface area is 99.1 Å². The Kier molecular flexibility index (Phi) is 2.83. The smallest absolute Gasteiger partial charge is 0.449 e. The van der Waals surface area contributed by atoms with Gasteiger partial charge in [-0.2, -0.15) is 0 Å². The van der Waals surface area contributed by atoms with Crippen LogP contribution in [0, 0.1) is 6.92 Å². The van der Waals surface area contributed by atoms with E-state index in [9.17, 15) is 4.79 Å². The zero-order chi connectivity index (χ0) is 12.6. The van der Waals surface area contributed by atoms with Crippen LogP contribution in [0.15, 0.2) is 22.4 Å². The molecule has 0 fully saturated rings. The molecule has 1 aliphatic rings. The zero-order valence-electron chi connectivity index (χ0n) is 9.97. The molecule has 2 unspecified atom stereocenters. The van der Waals surface area contributed by atoms with E-state index in [4.69, 9.17) is 9.84 Å². The molecule has 0 saturated heterocycles. The minimum atomic E-state index is -1.31. The Hall–Kier alpha value is -1.91. The van der Waals surface area contributed by atoms with Gasteiger partial charge >= 0.3 is 6.09 Å². The summed E-state index contributed by atoms with van der Waals surface area (Å²) in [5, 5.41) is 15.3. The number of azo groups is 1. The SMILES string of the molecule is Cc1ccc(N=NC(=O)O)c2c1C(C)C(C)O2. The predicted octanol–water partition coefficient (Wildman–Crippen LogP) is 3.64. The maximum atomic E-state index is 10.4. The summed E-state index contributed by atoms with van der Waals surface area (Å²) in [5.41, 5.74) is 2.70. The number of hydrogen-bond acceptors (Lipinski definition) is 3. The van der Waals surface area contributed by atoms with Crippen molar-refractivity contribution >= 4 is 11.8 Å². The van der Waals surface area contributed by atoms with Gasteiger partial charge in [-0.25, -0.2) is 4.79 Å². The van der Waals surface area contributed by atoms with Gasteiger partial charge < -0.3 is 9.84 Å². The van der Waals surface area contributed by atoms with Crippen molar-refractivity contribution in [1.82, 2.24) is 0 Å². The molecule has 5 nitrogen and oxygen atoms in total. The van der Waals surface area contributed by atoms with Gasteiger partial charge in [0.05, 0.1) is 0 Å². The Morgan fingerprint density at radius 3 is 2.76 bits per heavy atom. The first-order chi connectivity index (χ1) is 8.00. The average Bonchev–Trinajstić information content (AvgIpc) is 2.55. The molecule has 0 aromatic heterocycles. The summed E-state index contributed by atoms with van der Waals surface area (Å²) in [7, 11) is 0. The van der Waals surface area contributed by atoms with Crippen LogP contribution < -0.4 is 4.74 Å². The summed E-state index contributed by atoms with van der Waals surface area (Å²) in [6.45, 7) is 6.08. The average molecular weight is 234 g/mol. The molecule has 2 atom stereocenters. The normalized spacial score (nSPS) is 22.5. The van der Waals surface area contributed by atoms with Crippen molar-refractivity contribution in [2.75, 3.05) is 0 Å². The third-order valence-corrected chi connectivity index (χ3v) is 3.10. The van der Waals surface area contributed by atoms with E-state index in [0.29, 0.717) is 11.4 Å². The third-order valence-electron chi connectivity index (χ3n) is 3.10. The van der Waals surface area contributed by atoms with Crippen molar-refractivity contribution in [3.63, 3.8) is 0 Å². The van der Waals surface area contributed by atoms with E-state index in [-0.39, 0.29) is 12.0 Å². The maximum absolute atomic E-state index is 10.4. The fourth-order valence-electron chi connectivity index (χ4n) is 2.07. The van der Waals surface area contributed by atoms with Crippen LogP contribution in [-0.2, 0) is 0 Å². The number of benzene rings is 1. The second-order valence-corrected chi connectivity index (χ2v) is 4.24. The summed E-state index contributed by atoms with van der Waals surface area (Å²) in [6, 6.07) is 3.64. The summed E-state index contributed by atoms with van der Waals surface area (Å²) in [6.07, 6.45) is -1.23. The highest BCUT2D eigenvalue weighted by Crippen LogP contribution is 2.45. The van der Waals surface area contributed by atoms with Gasteiger partial charge in [0.15, 0.2) is 5.75 Å². The van der Waals surface area contributed by atoms with E-state index in [1.165, 1.54) is 0 Å². The molecule has 17 heavy (non-hydrogen) atoms. The molecule has 1 N–H and O–H groups in total. The summed E-state index contributed by atoms with van der Waals surface area (Å²) in [4.78, 5) is 10.4. The Balaban J connectivity index is 2.49. The molecule has 1 aliphatic heterocycles. The van der Waals surface area contributed by atoms with E-state index in [2.05, 4.69) is 17.2 Å². The second-order valence-electron chi connectivity index (χ2n) is 4.24. The highest BCUT2D eigenvalue weighted by molar-refractivity contribution is 5.67. The first-order valence-electron chi connectivity index (χ1n) is 5.45. The molecule has 0 aliphatic carbocycles. The van der Waals surface area contributed by atoms with E-state index in [0.717, 1.165) is 11.1 Å². The molecule has 2 rings (SSSR count). The topological polar surface area (TPSA) is 71.2 Å². The van der Waals surface area contributed by atoms with Crippen molar-refractivity contribution in [3.05, 3.63) is 23.3 Å². The van der Waals surface area contributed by atoms with Gasteiger partial charge in [0.1, 0.15) is 11.8 Å². The highest BCUT2D eigenvalue weighted by atomic mass is 16.5. The fourth-order valence-corrected chi connectivity index (χ4v) is 2.07. The number of ether oxygens (including phenoxy) is 1. The summed E-state index contributed by atoms with van der Waals surface area (Å²) in [5.74, 6) is 0.944. The van der Waals surface area contributed by atoms with Gasteiger partial charge in [-0.3, -0.25) is 0 Å². The minimum absolute atomic E-state index is 0.0740. The fraction of sp³-hybridized carbons (Fsp3) is 0.417. The molecule has 1 heterocycles. The third kappa shape index (κ3) is 2.00. The molecular formula is C12H14N2O3. The van der Waals surface area contributed by atoms with E-state index in [1.807, 2.05) is 19.9 Å². The van der Waals surface area contributed by atoms with Crippen LogP contribution in [0.2, 0.25) is 0 Å². The monoisotopic (exact) mass is 234 g/mol. The highest BCUT2D eigenvalue weighted by Gasteiger charge is 2.31. The van der Waals surface area contributed by atoms with Crippen LogP contribution in [0.3, 0.4) is 0 Å². The zero-order valence-corrected chi connectivity index (χ0v) is 9.97. The van der Waals surface area contributed by atoms with Crippen LogP contribution in [0.5, 0.6) is 5.75 Å². The lowest BCUT2D eigenvalue weighted by atomic mass is 9.94. The van der Waals surface area contributed by atoms with Gasteiger partial charge in [-0.15, -0.1) is 5.11 Å². The summed E-state index contributed by atoms with van der Waals surface area (Å²) >= 11 is 0. The quantitative estimate of drug-likeness (QED) is 0.754. The minimum Gasteiger partial charge on any atom is -0.487 e. The molecule has 90 valence electrons. The van der Waals surface area contributed by atoms with Crippen LogP contribution in [0.25, 0.3) is 0 Å². The number of hydrogen-bond donors (Lipinski definition) is 1. The first kappa shape index (κ1) is 11.6. The molecule has 1 aromatic rings. The van der Waals surface area contributed by atoms with E-state index in [1.54, 1.807) is 6.07 Å². The molecule has 0 saturated carbocycles. The molecule has 1 aromatic carbocycles. The predicted molar refractivity (Wildman–Crippen MR) is 62.2 cm³/mol. The lowest BCUT2D eigenvalue weighted by Gasteiger charge is -2.08. The van der Waals surface area contributed by atoms with Crippen molar-refractivity contribution in [1.29, 1.82) is 0 Å². The first-order valence-corrected chi connectivity index (χ1v) is 5.45. The largest absolute Gasteiger partial charge is 0.487 e. The lowest BCUT2D eigenvalue weighted by Crippen LogP contribution is -2.10. The molecular weight excluding hydrogens is 220 g/mol. The molecule has 0 bridgehead atoms. The second kappa shape index (κ2) is 4.16. The van der Waals surface area contributed by atoms with Crippen molar-refractivity contribution in [2.24, 2.45) is 10.2 Å². The standard InChI is InChI=1S/C12H14N2O3/c1-6-4-5-9(13-14-12(15)16)11-10(6)7(2)8(3)17-11/h4-5,7-8H,1-3H3,(H,15,16). The number of rotatable bonds is 1. The van der Waals surface area contributed by atoms with E-state index < -0.39 is 6.09 Å². The molecule has 1 amide bonds. The van der Waals surface area contributed by atoms with Crippen LogP contribution in [0.4, 0.5) is 10.5 Å². The van der Waals surface area contributed by atoms with Crippen LogP contribution in [0.1, 0.15) is 30.9 Å². The number of carboxylic acid groups (broad SMARTS) is 1. The van der Waals surface area contributed by atoms with Gasteiger partial charge in [-0.1, -0.05) is 18.1 Å². The van der Waals surface area contributed by atoms with Gasteiger partial charge in [0, 0.05) is 11.5 Å². The van der Waals surface area contributed by atoms with Crippen LogP contribution in [-0.4, -0.2) is 17.3 Å². The maximum Gasteiger partial charge on any atom is 0.449 e. The van der Waals surface area contributed by atoms with Gasteiger partial charge in [0.2, 0.25) is 0 Å². The van der Waals surface area contributed by atoms with E-state index >= 15 is 0 Å².